The van der Waals surface area contributed by atoms with Gasteiger partial charge in [-0.3, -0.25) is 9.69 Å². The van der Waals surface area contributed by atoms with Gasteiger partial charge in [-0.25, -0.2) is 0 Å². The van der Waals surface area contributed by atoms with E-state index in [9.17, 15) is 9.90 Å². The molecule has 0 aromatic heterocycles. The van der Waals surface area contributed by atoms with Gasteiger partial charge in [0, 0.05) is 30.6 Å². The van der Waals surface area contributed by atoms with E-state index >= 15 is 0 Å². The Morgan fingerprint density at radius 2 is 1.96 bits per heavy atom. The van der Waals surface area contributed by atoms with E-state index in [0.717, 1.165) is 28.6 Å². The van der Waals surface area contributed by atoms with Crippen molar-refractivity contribution in [3.8, 4) is 17.6 Å². The molecule has 1 saturated heterocycles. The third-order valence-electron chi connectivity index (χ3n) is 4.42. The lowest BCUT2D eigenvalue weighted by Crippen LogP contribution is -2.50. The van der Waals surface area contributed by atoms with Crippen LogP contribution >= 0.6 is 0 Å². The topological polar surface area (TPSA) is 61.8 Å². The molecule has 2 aromatic rings. The number of benzene rings is 2. The van der Waals surface area contributed by atoms with E-state index in [2.05, 4.69) is 44.0 Å². The van der Waals surface area contributed by atoms with Gasteiger partial charge >= 0.3 is 0 Å². The van der Waals surface area contributed by atoms with Crippen LogP contribution in [0.2, 0.25) is 0 Å². The third-order valence-corrected chi connectivity index (χ3v) is 4.42. The monoisotopic (exact) mass is 380 g/mol. The Bertz CT molecular complexity index is 905. The molecule has 1 amide bonds. The van der Waals surface area contributed by atoms with Crippen LogP contribution in [-0.4, -0.2) is 54.8 Å². The third kappa shape index (κ3) is 5.98. The molecule has 0 saturated carbocycles. The quantitative estimate of drug-likeness (QED) is 0.782. The molecule has 0 spiro atoms. The molecule has 5 nitrogen and oxygen atoms in total. The summed E-state index contributed by atoms with van der Waals surface area (Å²) in [6.45, 7) is 8.61. The van der Waals surface area contributed by atoms with Crippen molar-refractivity contribution in [1.29, 1.82) is 0 Å². The molecule has 1 unspecified atom stereocenters. The largest absolute Gasteiger partial charge is 0.491 e. The molecule has 1 atom stereocenters. The lowest BCUT2D eigenvalue weighted by Gasteiger charge is -2.28. The Balaban J connectivity index is 1.59. The fourth-order valence-electron chi connectivity index (χ4n) is 3.04. The van der Waals surface area contributed by atoms with Gasteiger partial charge in [0.05, 0.1) is 6.54 Å². The Kier molecular flexibility index (Phi) is 6.23. The summed E-state index contributed by atoms with van der Waals surface area (Å²) in [5.41, 5.74) is 0.975. The van der Waals surface area contributed by atoms with Crippen molar-refractivity contribution in [2.24, 2.45) is 5.41 Å². The molecule has 2 N–H and O–H groups in total. The molecule has 1 aliphatic rings. The molecule has 2 aromatic carbocycles. The highest BCUT2D eigenvalue weighted by Crippen LogP contribution is 2.22. The first-order valence-electron chi connectivity index (χ1n) is 9.65. The van der Waals surface area contributed by atoms with Gasteiger partial charge in [-0.2, -0.15) is 0 Å². The minimum Gasteiger partial charge on any atom is -0.491 e. The Morgan fingerprint density at radius 3 is 2.71 bits per heavy atom. The summed E-state index contributed by atoms with van der Waals surface area (Å²) >= 11 is 0. The van der Waals surface area contributed by atoms with Crippen molar-refractivity contribution in [2.75, 3.05) is 32.8 Å². The van der Waals surface area contributed by atoms with Crippen LogP contribution < -0.4 is 10.1 Å². The predicted octanol–water partition coefficient (Wildman–Crippen LogP) is 2.41. The minimum absolute atomic E-state index is 0.000423. The summed E-state index contributed by atoms with van der Waals surface area (Å²) < 4.78 is 5.76. The number of carbonyl (C=O) groups is 1. The number of aliphatic hydroxyl groups is 1. The number of carbonyl (C=O) groups excluding carboxylic acids is 1. The molecule has 28 heavy (non-hydrogen) atoms. The van der Waals surface area contributed by atoms with Crippen molar-refractivity contribution in [1.82, 2.24) is 10.2 Å². The average Bonchev–Trinajstić information content (AvgIpc) is 2.64. The zero-order valence-corrected chi connectivity index (χ0v) is 16.8. The molecule has 1 fully saturated rings. The van der Waals surface area contributed by atoms with Crippen molar-refractivity contribution in [3.63, 3.8) is 0 Å². The number of ether oxygens (including phenoxy) is 1. The number of nitrogens with zero attached hydrogens (tertiary/aromatic N) is 1. The lowest BCUT2D eigenvalue weighted by atomic mass is 9.97. The van der Waals surface area contributed by atoms with Gasteiger partial charge in [0.25, 0.3) is 0 Å². The Labute approximate surface area is 166 Å². The number of piperazine rings is 1. The minimum atomic E-state index is -0.642. The van der Waals surface area contributed by atoms with Gasteiger partial charge < -0.3 is 15.2 Å². The van der Waals surface area contributed by atoms with Gasteiger partial charge in [0.1, 0.15) is 18.5 Å². The molecule has 5 heteroatoms. The number of rotatable bonds is 5. The lowest BCUT2D eigenvalue weighted by molar-refractivity contribution is -0.124. The summed E-state index contributed by atoms with van der Waals surface area (Å²) in [6, 6.07) is 12.0. The summed E-state index contributed by atoms with van der Waals surface area (Å²) in [6.07, 6.45) is -0.642. The number of amides is 1. The van der Waals surface area contributed by atoms with Crippen LogP contribution in [0.3, 0.4) is 0 Å². The maximum Gasteiger partial charge on any atom is 0.234 e. The highest BCUT2D eigenvalue weighted by molar-refractivity contribution is 5.85. The Morgan fingerprint density at radius 1 is 1.21 bits per heavy atom. The first-order chi connectivity index (χ1) is 13.3. The molecule has 3 rings (SSSR count). The van der Waals surface area contributed by atoms with Gasteiger partial charge in [0.15, 0.2) is 0 Å². The van der Waals surface area contributed by atoms with Crippen LogP contribution in [0.4, 0.5) is 0 Å². The summed E-state index contributed by atoms with van der Waals surface area (Å²) in [7, 11) is 0. The predicted molar refractivity (Wildman–Crippen MR) is 111 cm³/mol. The standard InChI is InChI=1S/C23H28N2O3/c1-23(2,3)9-8-17-4-5-19-13-21(7-6-18(19)12-17)28-16-20(26)14-25-11-10-24-22(27)15-25/h4-7,12-13,20,26H,10-11,14-16H2,1-3H3,(H,24,27). The molecular weight excluding hydrogens is 352 g/mol. The number of hydrogen-bond acceptors (Lipinski definition) is 4. The second kappa shape index (κ2) is 8.64. The van der Waals surface area contributed by atoms with E-state index < -0.39 is 6.10 Å². The molecule has 0 aliphatic carbocycles. The number of hydrogen-bond donors (Lipinski definition) is 2. The first-order valence-corrected chi connectivity index (χ1v) is 9.65. The SMILES string of the molecule is CC(C)(C)C#Cc1ccc2cc(OCC(O)CN3CCNC(=O)C3)ccc2c1. The second-order valence-corrected chi connectivity index (χ2v) is 8.27. The molecule has 0 radical (unpaired) electrons. The Hall–Kier alpha value is -2.55. The number of fused-ring (bicyclic) bond motifs is 1. The summed E-state index contributed by atoms with van der Waals surface area (Å²) in [4.78, 5) is 13.3. The maximum atomic E-state index is 11.4. The zero-order chi connectivity index (χ0) is 20.1. The highest BCUT2D eigenvalue weighted by atomic mass is 16.5. The van der Waals surface area contributed by atoms with Gasteiger partial charge in [-0.1, -0.05) is 24.0 Å². The molecule has 148 valence electrons. The average molecular weight is 380 g/mol. The molecule has 0 bridgehead atoms. The van der Waals surface area contributed by atoms with E-state index in [1.165, 1.54) is 0 Å². The van der Waals surface area contributed by atoms with Gasteiger partial charge in [-0.15, -0.1) is 0 Å². The summed E-state index contributed by atoms with van der Waals surface area (Å²) in [5.74, 6) is 7.20. The normalized spacial score (nSPS) is 16.2. The van der Waals surface area contributed by atoms with Gasteiger partial charge in [-0.05, 0) is 55.8 Å². The van der Waals surface area contributed by atoms with Crippen molar-refractivity contribution in [2.45, 2.75) is 26.9 Å². The van der Waals surface area contributed by atoms with Crippen LogP contribution in [0.1, 0.15) is 26.3 Å². The van der Waals surface area contributed by atoms with Crippen LogP contribution in [0.5, 0.6) is 5.75 Å². The van der Waals surface area contributed by atoms with E-state index in [0.29, 0.717) is 19.6 Å². The van der Waals surface area contributed by atoms with E-state index in [-0.39, 0.29) is 17.9 Å². The molecule has 1 aliphatic heterocycles. The summed E-state index contributed by atoms with van der Waals surface area (Å²) in [5, 5.41) is 15.2. The van der Waals surface area contributed by atoms with Crippen LogP contribution in [0.15, 0.2) is 36.4 Å². The van der Waals surface area contributed by atoms with E-state index in [4.69, 9.17) is 4.74 Å². The second-order valence-electron chi connectivity index (χ2n) is 8.27. The van der Waals surface area contributed by atoms with Crippen LogP contribution in [0.25, 0.3) is 10.8 Å². The smallest absolute Gasteiger partial charge is 0.234 e. The molecule has 1 heterocycles. The van der Waals surface area contributed by atoms with Crippen molar-refractivity contribution >= 4 is 16.7 Å². The molecular formula is C23H28N2O3. The number of aliphatic hydroxyl groups excluding tert-OH is 1. The van der Waals surface area contributed by atoms with E-state index in [1.54, 1.807) is 0 Å². The number of nitrogens with one attached hydrogen (secondary N) is 1. The van der Waals surface area contributed by atoms with Crippen LogP contribution in [0, 0.1) is 17.3 Å². The highest BCUT2D eigenvalue weighted by Gasteiger charge is 2.19. The number of β-amino-alcohol motifs (C(OH)–C–C–N with tert-alkyl or cyclic N) is 1. The zero-order valence-electron chi connectivity index (χ0n) is 16.8. The van der Waals surface area contributed by atoms with Crippen LogP contribution in [-0.2, 0) is 4.79 Å². The first kappa shape index (κ1) is 20.2. The van der Waals surface area contributed by atoms with E-state index in [1.807, 2.05) is 35.2 Å². The van der Waals surface area contributed by atoms with Crippen molar-refractivity contribution in [3.05, 3.63) is 42.0 Å². The fourth-order valence-corrected chi connectivity index (χ4v) is 3.04. The maximum absolute atomic E-state index is 11.4. The van der Waals surface area contributed by atoms with Crippen molar-refractivity contribution < 1.29 is 14.6 Å². The van der Waals surface area contributed by atoms with Gasteiger partial charge in [0.2, 0.25) is 5.91 Å². The fraction of sp³-hybridized carbons (Fsp3) is 0.435.